The van der Waals surface area contributed by atoms with Crippen LogP contribution in [0.15, 0.2) is 176 Å². The molecule has 0 N–H and O–H groups in total. The van der Waals surface area contributed by atoms with Crippen molar-refractivity contribution in [3.8, 4) is 50.7 Å². The van der Waals surface area contributed by atoms with E-state index < -0.39 is 5.41 Å². The second-order valence-electron chi connectivity index (χ2n) is 13.3. The van der Waals surface area contributed by atoms with Gasteiger partial charge in [-0.1, -0.05) is 152 Å². The van der Waals surface area contributed by atoms with Crippen molar-refractivity contribution in [2.75, 3.05) is 0 Å². The molecule has 2 aliphatic carbocycles. The van der Waals surface area contributed by atoms with Crippen LogP contribution in [0.4, 0.5) is 0 Å². The third-order valence-corrected chi connectivity index (χ3v) is 10.8. The first-order chi connectivity index (χ1) is 24.8. The Hall–Kier alpha value is -6.58. The lowest BCUT2D eigenvalue weighted by Crippen LogP contribution is -2.27. The standard InChI is InChI=1S/C47H29N3/c1-3-15-30(16-4-1)44-43-45(49-46(48-44)31-17-5-2-6-18-31)37-28-27-32(50-41-25-13-9-21-35(41)36-22-10-14-26-42(36)50)29-40(37)47(43)38-23-11-7-19-33(38)34-20-8-12-24-39(34)47/h1-29H. The van der Waals surface area contributed by atoms with E-state index >= 15 is 0 Å². The van der Waals surface area contributed by atoms with E-state index in [0.717, 1.165) is 45.2 Å². The van der Waals surface area contributed by atoms with Crippen molar-refractivity contribution in [3.05, 3.63) is 198 Å². The Morgan fingerprint density at radius 1 is 0.400 bits per heavy atom. The maximum absolute atomic E-state index is 5.49. The summed E-state index contributed by atoms with van der Waals surface area (Å²) >= 11 is 0. The summed E-state index contributed by atoms with van der Waals surface area (Å²) in [5.74, 6) is 0.734. The minimum atomic E-state index is -0.618. The number of hydrogen-bond donors (Lipinski definition) is 0. The molecule has 9 aromatic rings. The molecule has 0 saturated carbocycles. The van der Waals surface area contributed by atoms with Gasteiger partial charge in [0.05, 0.1) is 27.8 Å². The summed E-state index contributed by atoms with van der Waals surface area (Å²) in [5.41, 5.74) is 15.5. The van der Waals surface area contributed by atoms with E-state index in [4.69, 9.17) is 9.97 Å². The van der Waals surface area contributed by atoms with E-state index in [-0.39, 0.29) is 0 Å². The lowest BCUT2D eigenvalue weighted by Gasteiger charge is -2.31. The highest BCUT2D eigenvalue weighted by Gasteiger charge is 2.54. The van der Waals surface area contributed by atoms with Crippen LogP contribution in [-0.2, 0) is 5.41 Å². The third kappa shape index (κ3) is 3.53. The van der Waals surface area contributed by atoms with Crippen molar-refractivity contribution in [2.24, 2.45) is 0 Å². The van der Waals surface area contributed by atoms with Crippen LogP contribution in [-0.4, -0.2) is 14.5 Å². The first kappa shape index (κ1) is 27.4. The maximum Gasteiger partial charge on any atom is 0.160 e. The molecule has 0 saturated heterocycles. The molecular formula is C47H29N3. The summed E-state index contributed by atoms with van der Waals surface area (Å²) < 4.78 is 2.42. The van der Waals surface area contributed by atoms with Crippen LogP contribution in [0.5, 0.6) is 0 Å². The molecule has 0 bridgehead atoms. The monoisotopic (exact) mass is 635 g/mol. The topological polar surface area (TPSA) is 30.7 Å². The van der Waals surface area contributed by atoms with Gasteiger partial charge in [-0.2, -0.15) is 0 Å². The predicted octanol–water partition coefficient (Wildman–Crippen LogP) is 11.3. The molecule has 2 heterocycles. The van der Waals surface area contributed by atoms with Gasteiger partial charge >= 0.3 is 0 Å². The zero-order valence-electron chi connectivity index (χ0n) is 27.1. The van der Waals surface area contributed by atoms with Gasteiger partial charge in [-0.05, 0) is 52.1 Å². The largest absolute Gasteiger partial charge is 0.309 e. The maximum atomic E-state index is 5.49. The van der Waals surface area contributed by atoms with Crippen LogP contribution < -0.4 is 0 Å². The Labute approximate surface area is 289 Å². The highest BCUT2D eigenvalue weighted by Crippen LogP contribution is 2.64. The fourth-order valence-electron chi connectivity index (χ4n) is 8.85. The molecule has 11 rings (SSSR count). The summed E-state index contributed by atoms with van der Waals surface area (Å²) in [7, 11) is 0. The van der Waals surface area contributed by atoms with Crippen LogP contribution in [0.3, 0.4) is 0 Å². The normalized spacial score (nSPS) is 13.4. The predicted molar refractivity (Wildman–Crippen MR) is 204 cm³/mol. The molecular weight excluding hydrogens is 607 g/mol. The third-order valence-electron chi connectivity index (χ3n) is 10.8. The number of para-hydroxylation sites is 2. The molecule has 0 atom stereocenters. The Balaban J connectivity index is 1.31. The van der Waals surface area contributed by atoms with Gasteiger partial charge in [0.15, 0.2) is 5.82 Å². The molecule has 232 valence electrons. The number of nitrogens with zero attached hydrogens (tertiary/aromatic N) is 3. The molecule has 0 fully saturated rings. The Kier molecular flexibility index (Phi) is 5.59. The first-order valence-corrected chi connectivity index (χ1v) is 17.2. The Bertz CT molecular complexity index is 2710. The van der Waals surface area contributed by atoms with E-state index in [1.54, 1.807) is 0 Å². The van der Waals surface area contributed by atoms with Gasteiger partial charge in [0, 0.05) is 38.7 Å². The van der Waals surface area contributed by atoms with E-state index in [1.165, 1.54) is 49.6 Å². The highest BCUT2D eigenvalue weighted by molar-refractivity contribution is 6.09. The summed E-state index contributed by atoms with van der Waals surface area (Å²) in [4.78, 5) is 11.0. The molecule has 3 heteroatoms. The van der Waals surface area contributed by atoms with Gasteiger partial charge in [0.2, 0.25) is 0 Å². The quantitative estimate of drug-likeness (QED) is 0.193. The van der Waals surface area contributed by atoms with Crippen LogP contribution in [0, 0.1) is 0 Å². The van der Waals surface area contributed by atoms with Gasteiger partial charge in [-0.3, -0.25) is 0 Å². The summed E-state index contributed by atoms with van der Waals surface area (Å²) in [6.45, 7) is 0. The average Bonchev–Trinajstić information content (AvgIpc) is 3.80. The Morgan fingerprint density at radius 2 is 0.920 bits per heavy atom. The van der Waals surface area contributed by atoms with Crippen molar-refractivity contribution in [1.82, 2.24) is 14.5 Å². The molecule has 3 nitrogen and oxygen atoms in total. The van der Waals surface area contributed by atoms with Crippen molar-refractivity contribution >= 4 is 21.8 Å². The second kappa shape index (κ2) is 10.2. The lowest BCUT2D eigenvalue weighted by molar-refractivity contribution is 0.787. The number of fused-ring (bicyclic) bond motifs is 13. The molecule has 0 aliphatic heterocycles. The number of hydrogen-bond acceptors (Lipinski definition) is 2. The van der Waals surface area contributed by atoms with Crippen LogP contribution in [0.2, 0.25) is 0 Å². The summed E-state index contributed by atoms with van der Waals surface area (Å²) in [5, 5.41) is 2.51. The van der Waals surface area contributed by atoms with Crippen molar-refractivity contribution < 1.29 is 0 Å². The van der Waals surface area contributed by atoms with Crippen LogP contribution in [0.25, 0.3) is 72.5 Å². The van der Waals surface area contributed by atoms with Crippen molar-refractivity contribution in [1.29, 1.82) is 0 Å². The fourth-order valence-corrected chi connectivity index (χ4v) is 8.85. The van der Waals surface area contributed by atoms with Gasteiger partial charge in [0.1, 0.15) is 0 Å². The van der Waals surface area contributed by atoms with Crippen molar-refractivity contribution in [3.63, 3.8) is 0 Å². The van der Waals surface area contributed by atoms with Crippen LogP contribution >= 0.6 is 0 Å². The molecule has 0 amide bonds. The van der Waals surface area contributed by atoms with Gasteiger partial charge < -0.3 is 4.57 Å². The molecule has 7 aromatic carbocycles. The molecule has 0 unspecified atom stereocenters. The first-order valence-electron chi connectivity index (χ1n) is 17.2. The highest BCUT2D eigenvalue weighted by atomic mass is 15.0. The number of aromatic nitrogens is 3. The van der Waals surface area contributed by atoms with Crippen molar-refractivity contribution in [2.45, 2.75) is 5.41 Å². The molecule has 50 heavy (non-hydrogen) atoms. The van der Waals surface area contributed by atoms with E-state index in [2.05, 4.69) is 174 Å². The van der Waals surface area contributed by atoms with Gasteiger partial charge in [-0.25, -0.2) is 9.97 Å². The summed E-state index contributed by atoms with van der Waals surface area (Å²) in [6, 6.07) is 63.4. The smallest absolute Gasteiger partial charge is 0.160 e. The zero-order chi connectivity index (χ0) is 32.8. The molecule has 2 aliphatic rings. The zero-order valence-corrected chi connectivity index (χ0v) is 27.1. The van der Waals surface area contributed by atoms with E-state index in [9.17, 15) is 0 Å². The lowest BCUT2D eigenvalue weighted by atomic mass is 9.69. The minimum Gasteiger partial charge on any atom is -0.309 e. The molecule has 0 radical (unpaired) electrons. The minimum absolute atomic E-state index is 0.618. The van der Waals surface area contributed by atoms with Gasteiger partial charge in [-0.15, -0.1) is 0 Å². The molecule has 2 aromatic heterocycles. The van der Waals surface area contributed by atoms with E-state index in [0.29, 0.717) is 0 Å². The SMILES string of the molecule is c1ccc(-c2nc(-c3ccccc3)c3c(n2)-c2ccc(-n4c5ccccc5c5ccccc54)cc2C32c3ccccc3-c3ccccc32)cc1. The number of rotatable bonds is 3. The van der Waals surface area contributed by atoms with Gasteiger partial charge in [0.25, 0.3) is 0 Å². The Morgan fingerprint density at radius 3 is 1.56 bits per heavy atom. The average molecular weight is 636 g/mol. The number of benzene rings is 7. The second-order valence-corrected chi connectivity index (χ2v) is 13.3. The molecule has 1 spiro atoms. The van der Waals surface area contributed by atoms with E-state index in [1.807, 2.05) is 6.07 Å². The fraction of sp³-hybridized carbons (Fsp3) is 0.0213. The van der Waals surface area contributed by atoms with Crippen LogP contribution in [0.1, 0.15) is 22.3 Å². The summed E-state index contributed by atoms with van der Waals surface area (Å²) in [6.07, 6.45) is 0.